The van der Waals surface area contributed by atoms with Crippen LogP contribution < -0.4 is 13.7 Å². The number of methoxy groups -OCH3 is 1. The van der Waals surface area contributed by atoms with E-state index < -0.39 is 9.32 Å². The molecule has 0 bridgehead atoms. The van der Waals surface area contributed by atoms with Gasteiger partial charge < -0.3 is 0 Å². The van der Waals surface area contributed by atoms with Gasteiger partial charge in [-0.1, -0.05) is 0 Å². The first-order valence-corrected chi connectivity index (χ1v) is 13.5. The van der Waals surface area contributed by atoms with Crippen molar-refractivity contribution < 1.29 is 9.84 Å². The normalized spacial score (nSPS) is 12.3. The Kier molecular flexibility index (Phi) is 7.29. The van der Waals surface area contributed by atoms with Gasteiger partial charge in [0.25, 0.3) is 0 Å². The van der Waals surface area contributed by atoms with Gasteiger partial charge in [0.15, 0.2) is 0 Å². The van der Waals surface area contributed by atoms with E-state index >= 15 is 0 Å². The minimum absolute atomic E-state index is 0.00600. The number of benzene rings is 4. The first kappa shape index (κ1) is 21.9. The van der Waals surface area contributed by atoms with Crippen molar-refractivity contribution in [2.45, 2.75) is 9.32 Å². The number of hydrogen-bond donors (Lipinski definition) is 1. The van der Waals surface area contributed by atoms with E-state index in [2.05, 4.69) is 60.7 Å². The second-order valence-corrected chi connectivity index (χ2v) is 13.9. The van der Waals surface area contributed by atoms with Crippen LogP contribution in [0.25, 0.3) is 0 Å². The van der Waals surface area contributed by atoms with Gasteiger partial charge in [-0.05, 0) is 0 Å². The Balaban J connectivity index is 1.89. The molecule has 0 aliphatic heterocycles. The van der Waals surface area contributed by atoms with Gasteiger partial charge in [-0.25, -0.2) is 0 Å². The van der Waals surface area contributed by atoms with Crippen LogP contribution in [0.1, 0.15) is 17.2 Å². The maximum atomic E-state index is 11.9. The number of hydrogen-bond acceptors (Lipinski definition) is 2. The van der Waals surface area contributed by atoms with Gasteiger partial charge in [-0.2, -0.15) is 0 Å². The molecule has 4 aromatic carbocycles. The van der Waals surface area contributed by atoms with Crippen molar-refractivity contribution in [3.63, 3.8) is 0 Å². The van der Waals surface area contributed by atoms with Gasteiger partial charge >= 0.3 is 197 Å². The zero-order valence-electron chi connectivity index (χ0n) is 17.2. The van der Waals surface area contributed by atoms with E-state index in [1.54, 1.807) is 7.11 Å². The molecule has 0 saturated heterocycles. The molecule has 0 amide bonds. The summed E-state index contributed by atoms with van der Waals surface area (Å²) in [6.07, 6.45) is -0.623. The fraction of sp³-hybridized carbons (Fsp3) is 0.111. The molecule has 4 aromatic rings. The summed E-state index contributed by atoms with van der Waals surface area (Å²) in [5, 5.41) is 11.9. The van der Waals surface area contributed by atoms with Crippen molar-refractivity contribution in [3.8, 4) is 5.75 Å². The minimum atomic E-state index is -0.623. The van der Waals surface area contributed by atoms with Crippen molar-refractivity contribution in [1.82, 2.24) is 0 Å². The van der Waals surface area contributed by atoms with Crippen LogP contribution in [0.5, 0.6) is 5.75 Å². The average molecular weight is 538 g/mol. The van der Waals surface area contributed by atoms with Crippen LogP contribution in [0.2, 0.25) is 0 Å². The van der Waals surface area contributed by atoms with Crippen molar-refractivity contribution in [2.75, 3.05) is 7.11 Å². The number of aliphatic hydroxyl groups is 1. The molecule has 4 rings (SSSR count). The third-order valence-electron chi connectivity index (χ3n) is 4.99. The molecule has 31 heavy (non-hydrogen) atoms. The standard InChI is InChI=1S/C27H24O2Se2/c1-29-23-19-17-22(18-20-23)27(30-24-13-7-3-8-14-24,31-25-15-9-4-10-16-25)26(28)21-11-5-2-6-12-21/h2-20,26,28H,1H3. The Morgan fingerprint density at radius 3 is 1.55 bits per heavy atom. The number of rotatable bonds is 8. The van der Waals surface area contributed by atoms with Gasteiger partial charge in [0.05, 0.1) is 0 Å². The summed E-state index contributed by atoms with van der Waals surface area (Å²) < 4.78 is 7.54. The van der Waals surface area contributed by atoms with Crippen LogP contribution in [0.4, 0.5) is 0 Å². The van der Waals surface area contributed by atoms with Gasteiger partial charge in [0, 0.05) is 0 Å². The second-order valence-electron chi connectivity index (χ2n) is 7.04. The van der Waals surface area contributed by atoms with E-state index in [-0.39, 0.29) is 29.9 Å². The molecule has 0 aliphatic rings. The van der Waals surface area contributed by atoms with Gasteiger partial charge in [-0.15, -0.1) is 0 Å². The van der Waals surface area contributed by atoms with Crippen molar-refractivity contribution in [1.29, 1.82) is 0 Å². The van der Waals surface area contributed by atoms with Crippen LogP contribution in [-0.2, 0) is 3.21 Å². The molecule has 0 aliphatic carbocycles. The predicted octanol–water partition coefficient (Wildman–Crippen LogP) is 3.64. The van der Waals surface area contributed by atoms with Crippen molar-refractivity contribution >= 4 is 38.8 Å². The van der Waals surface area contributed by atoms with E-state index in [4.69, 9.17) is 4.74 Å². The summed E-state index contributed by atoms with van der Waals surface area (Å²) >= 11 is -0.0120. The van der Waals surface area contributed by atoms with Crippen molar-refractivity contribution in [3.05, 3.63) is 126 Å². The fourth-order valence-electron chi connectivity index (χ4n) is 3.41. The zero-order valence-corrected chi connectivity index (χ0v) is 20.6. The van der Waals surface area contributed by atoms with Gasteiger partial charge in [-0.3, -0.25) is 0 Å². The Morgan fingerprint density at radius 2 is 1.10 bits per heavy atom. The summed E-state index contributed by atoms with van der Waals surface area (Å²) in [4.78, 5) is 0. The number of aliphatic hydroxyl groups excluding tert-OH is 1. The summed E-state index contributed by atoms with van der Waals surface area (Å²) in [7, 11) is 1.68. The van der Waals surface area contributed by atoms with E-state index in [1.807, 2.05) is 54.6 Å². The van der Waals surface area contributed by atoms with Crippen molar-refractivity contribution in [2.24, 2.45) is 0 Å². The van der Waals surface area contributed by atoms with Gasteiger partial charge in [0.1, 0.15) is 0 Å². The Morgan fingerprint density at radius 1 is 0.645 bits per heavy atom. The van der Waals surface area contributed by atoms with E-state index in [9.17, 15) is 5.11 Å². The molecule has 0 spiro atoms. The average Bonchev–Trinajstić information content (AvgIpc) is 2.85. The quantitative estimate of drug-likeness (QED) is 0.348. The Bertz CT molecular complexity index is 1030. The first-order valence-electron chi connectivity index (χ1n) is 10.1. The van der Waals surface area contributed by atoms with Crippen LogP contribution in [0, 0.1) is 0 Å². The monoisotopic (exact) mass is 540 g/mol. The predicted molar refractivity (Wildman–Crippen MR) is 130 cm³/mol. The fourth-order valence-corrected chi connectivity index (χ4v) is 10.9. The topological polar surface area (TPSA) is 29.5 Å². The van der Waals surface area contributed by atoms with Crippen LogP contribution in [0.3, 0.4) is 0 Å². The molecule has 0 radical (unpaired) electrons. The number of ether oxygens (including phenoxy) is 1. The summed E-state index contributed by atoms with van der Waals surface area (Å²) in [6.45, 7) is 0. The molecule has 156 valence electrons. The summed E-state index contributed by atoms with van der Waals surface area (Å²) in [6, 6.07) is 39.5. The molecule has 2 nitrogen and oxygen atoms in total. The molecule has 0 saturated carbocycles. The molecule has 0 aromatic heterocycles. The van der Waals surface area contributed by atoms with Gasteiger partial charge in [0.2, 0.25) is 0 Å². The van der Waals surface area contributed by atoms with E-state index in [1.165, 1.54) is 8.92 Å². The second kappa shape index (κ2) is 10.3. The molecule has 4 heteroatoms. The molecular formula is C27H24O2Se2. The molecular weight excluding hydrogens is 514 g/mol. The maximum absolute atomic E-state index is 11.9. The first-order chi connectivity index (χ1) is 15.2. The zero-order chi connectivity index (χ0) is 21.5. The molecule has 1 atom stereocenters. The third kappa shape index (κ3) is 5.12. The summed E-state index contributed by atoms with van der Waals surface area (Å²) in [5.41, 5.74) is 2.10. The molecule has 1 N–H and O–H groups in total. The molecule has 0 heterocycles. The Labute approximate surface area is 196 Å². The van der Waals surface area contributed by atoms with Crippen LogP contribution >= 0.6 is 0 Å². The molecule has 0 fully saturated rings. The van der Waals surface area contributed by atoms with Crippen LogP contribution in [0.15, 0.2) is 115 Å². The third-order valence-corrected chi connectivity index (χ3v) is 12.1. The van der Waals surface area contributed by atoms with E-state index in [0.29, 0.717) is 0 Å². The summed E-state index contributed by atoms with van der Waals surface area (Å²) in [5.74, 6) is 0.825. The molecule has 1 unspecified atom stereocenters. The van der Waals surface area contributed by atoms with Crippen LogP contribution in [-0.4, -0.2) is 42.1 Å². The van der Waals surface area contributed by atoms with E-state index in [0.717, 1.165) is 16.9 Å². The SMILES string of the molecule is COc1ccc(C([Se]c2ccccc2)([Se]c2ccccc2)C(O)c2ccccc2)cc1. The Hall–Kier alpha value is -2.32.